The van der Waals surface area contributed by atoms with Crippen molar-refractivity contribution in [2.45, 2.75) is 26.5 Å². The molecule has 0 saturated heterocycles. The summed E-state index contributed by atoms with van der Waals surface area (Å²) in [5, 5.41) is 3.96. The van der Waals surface area contributed by atoms with E-state index in [1.165, 1.54) is 24.3 Å². The van der Waals surface area contributed by atoms with E-state index in [-0.39, 0.29) is 24.2 Å². The maximum Gasteiger partial charge on any atom is 0.326 e. The van der Waals surface area contributed by atoms with Gasteiger partial charge in [-0.3, -0.25) is 4.57 Å². The molecule has 2 aromatic heterocycles. The van der Waals surface area contributed by atoms with Crippen molar-refractivity contribution in [2.75, 3.05) is 0 Å². The van der Waals surface area contributed by atoms with Crippen molar-refractivity contribution in [2.24, 2.45) is 0 Å². The summed E-state index contributed by atoms with van der Waals surface area (Å²) in [5.74, 6) is 0.864. The van der Waals surface area contributed by atoms with Crippen LogP contribution in [0, 0.1) is 5.82 Å². The lowest BCUT2D eigenvalue weighted by molar-refractivity contribution is 0.242. The molecule has 0 atom stereocenters. The van der Waals surface area contributed by atoms with Gasteiger partial charge in [-0.2, -0.15) is 4.98 Å². The first-order valence-corrected chi connectivity index (χ1v) is 8.47. The number of hydrogen-bond donors (Lipinski definition) is 1. The largest absolute Gasteiger partial charge is 0.484 e. The zero-order valence-corrected chi connectivity index (χ0v) is 14.8. The second-order valence-electron chi connectivity index (χ2n) is 6.38. The first-order chi connectivity index (χ1) is 13.0. The molecule has 1 N–H and O–H groups in total. The summed E-state index contributed by atoms with van der Waals surface area (Å²) in [5.41, 5.74) is 2.09. The molecule has 138 valence electrons. The lowest BCUT2D eigenvalue weighted by Gasteiger charge is -2.06. The molecule has 0 spiro atoms. The van der Waals surface area contributed by atoms with Crippen LogP contribution in [0.1, 0.15) is 25.8 Å². The van der Waals surface area contributed by atoms with Crippen LogP contribution in [0.2, 0.25) is 0 Å². The van der Waals surface area contributed by atoms with E-state index in [0.717, 1.165) is 11.1 Å². The first kappa shape index (κ1) is 17.0. The third kappa shape index (κ3) is 3.33. The van der Waals surface area contributed by atoms with E-state index in [1.807, 2.05) is 32.0 Å². The number of H-pyrrole nitrogens is 1. The number of nitrogens with one attached hydrogen (secondary N) is 1. The Kier molecular flexibility index (Phi) is 4.23. The number of imidazole rings is 1. The Hall–Kier alpha value is -3.42. The quantitative estimate of drug-likeness (QED) is 0.581. The summed E-state index contributed by atoms with van der Waals surface area (Å²) in [6.45, 7) is 3.98. The smallest absolute Gasteiger partial charge is 0.326 e. The summed E-state index contributed by atoms with van der Waals surface area (Å²) < 4.78 is 25.3. The second-order valence-corrected chi connectivity index (χ2v) is 6.38. The molecule has 0 aliphatic carbocycles. The van der Waals surface area contributed by atoms with Gasteiger partial charge < -0.3 is 14.2 Å². The standard InChI is InChI=1S/C19H17FN4O3/c1-11(2)24-16-8-3-12(9-15(16)21-19(24)25)18-22-17(27-23-18)10-26-14-6-4-13(20)5-7-14/h3-9,11H,10H2,1-2H3,(H,21,25). The minimum Gasteiger partial charge on any atom is -0.484 e. The molecule has 0 fully saturated rings. The fraction of sp³-hybridized carbons (Fsp3) is 0.211. The van der Waals surface area contributed by atoms with Gasteiger partial charge in [-0.1, -0.05) is 5.16 Å². The Labute approximate surface area is 153 Å². The summed E-state index contributed by atoms with van der Waals surface area (Å²) in [7, 11) is 0. The van der Waals surface area contributed by atoms with E-state index in [0.29, 0.717) is 23.0 Å². The van der Waals surface area contributed by atoms with E-state index in [4.69, 9.17) is 9.26 Å². The zero-order valence-electron chi connectivity index (χ0n) is 14.8. The van der Waals surface area contributed by atoms with Gasteiger partial charge >= 0.3 is 5.69 Å². The molecular formula is C19H17FN4O3. The third-order valence-electron chi connectivity index (χ3n) is 4.14. The number of benzene rings is 2. The molecule has 8 heteroatoms. The van der Waals surface area contributed by atoms with Gasteiger partial charge in [0.05, 0.1) is 11.0 Å². The van der Waals surface area contributed by atoms with Crippen LogP contribution >= 0.6 is 0 Å². The van der Waals surface area contributed by atoms with E-state index in [9.17, 15) is 9.18 Å². The Morgan fingerprint density at radius 1 is 1.22 bits per heavy atom. The third-order valence-corrected chi connectivity index (χ3v) is 4.14. The Balaban J connectivity index is 1.55. The van der Waals surface area contributed by atoms with Crippen LogP contribution in [0.5, 0.6) is 5.75 Å². The van der Waals surface area contributed by atoms with Crippen LogP contribution in [0.3, 0.4) is 0 Å². The number of ether oxygens (including phenoxy) is 1. The highest BCUT2D eigenvalue weighted by molar-refractivity contribution is 5.80. The number of halogens is 1. The average molecular weight is 368 g/mol. The van der Waals surface area contributed by atoms with Crippen LogP contribution in [-0.2, 0) is 6.61 Å². The zero-order chi connectivity index (χ0) is 19.0. The van der Waals surface area contributed by atoms with Gasteiger partial charge in [0.1, 0.15) is 11.6 Å². The molecule has 0 bridgehead atoms. The fourth-order valence-electron chi connectivity index (χ4n) is 2.89. The average Bonchev–Trinajstić information content (AvgIpc) is 3.24. The number of aromatic amines is 1. The predicted molar refractivity (Wildman–Crippen MR) is 97.0 cm³/mol. The molecule has 0 saturated carbocycles. The summed E-state index contributed by atoms with van der Waals surface area (Å²) in [6, 6.07) is 11.2. The molecule has 0 unspecified atom stereocenters. The molecule has 0 amide bonds. The van der Waals surface area contributed by atoms with Gasteiger partial charge in [0.2, 0.25) is 5.82 Å². The summed E-state index contributed by atoms with van der Waals surface area (Å²) >= 11 is 0. The molecule has 0 aliphatic heterocycles. The van der Waals surface area contributed by atoms with Crippen LogP contribution < -0.4 is 10.4 Å². The molecular weight excluding hydrogens is 351 g/mol. The predicted octanol–water partition coefficient (Wildman–Crippen LogP) is 3.68. The van der Waals surface area contributed by atoms with E-state index < -0.39 is 0 Å². The maximum atomic E-state index is 12.9. The van der Waals surface area contributed by atoms with Crippen LogP contribution in [-0.4, -0.2) is 19.7 Å². The molecule has 0 aliphatic rings. The normalized spacial score (nSPS) is 11.4. The van der Waals surface area contributed by atoms with Crippen LogP contribution in [0.15, 0.2) is 51.8 Å². The van der Waals surface area contributed by atoms with Crippen molar-refractivity contribution in [3.8, 4) is 17.1 Å². The molecule has 0 radical (unpaired) electrons. The van der Waals surface area contributed by atoms with Crippen molar-refractivity contribution in [1.29, 1.82) is 0 Å². The van der Waals surface area contributed by atoms with Gasteiger partial charge in [-0.15, -0.1) is 0 Å². The number of hydrogen-bond acceptors (Lipinski definition) is 5. The summed E-state index contributed by atoms with van der Waals surface area (Å²) in [4.78, 5) is 19.2. The number of aromatic nitrogens is 4. The highest BCUT2D eigenvalue weighted by Crippen LogP contribution is 2.22. The van der Waals surface area contributed by atoms with Gasteiger partial charge in [0.15, 0.2) is 6.61 Å². The second kappa shape index (κ2) is 6.71. The number of rotatable bonds is 5. The highest BCUT2D eigenvalue weighted by atomic mass is 19.1. The Morgan fingerprint density at radius 2 is 2.00 bits per heavy atom. The topological polar surface area (TPSA) is 85.9 Å². The molecule has 27 heavy (non-hydrogen) atoms. The molecule has 2 heterocycles. The van der Waals surface area contributed by atoms with Crippen molar-refractivity contribution >= 4 is 11.0 Å². The van der Waals surface area contributed by atoms with Crippen LogP contribution in [0.25, 0.3) is 22.4 Å². The van der Waals surface area contributed by atoms with Crippen LogP contribution in [0.4, 0.5) is 4.39 Å². The van der Waals surface area contributed by atoms with E-state index >= 15 is 0 Å². The van der Waals surface area contributed by atoms with Gasteiger partial charge in [-0.25, -0.2) is 9.18 Å². The molecule has 2 aromatic carbocycles. The maximum absolute atomic E-state index is 12.9. The van der Waals surface area contributed by atoms with E-state index in [1.54, 1.807) is 4.57 Å². The Bertz CT molecular complexity index is 1140. The van der Waals surface area contributed by atoms with Gasteiger partial charge in [0, 0.05) is 11.6 Å². The summed E-state index contributed by atoms with van der Waals surface area (Å²) in [6.07, 6.45) is 0. The minimum atomic E-state index is -0.331. The molecule has 4 aromatic rings. The van der Waals surface area contributed by atoms with Gasteiger partial charge in [-0.05, 0) is 56.3 Å². The molecule has 7 nitrogen and oxygen atoms in total. The monoisotopic (exact) mass is 368 g/mol. The van der Waals surface area contributed by atoms with Crippen molar-refractivity contribution in [3.05, 3.63) is 64.7 Å². The molecule has 4 rings (SSSR count). The van der Waals surface area contributed by atoms with E-state index in [2.05, 4.69) is 15.1 Å². The lowest BCUT2D eigenvalue weighted by atomic mass is 10.2. The highest BCUT2D eigenvalue weighted by Gasteiger charge is 2.14. The Morgan fingerprint density at radius 3 is 2.74 bits per heavy atom. The van der Waals surface area contributed by atoms with Crippen molar-refractivity contribution in [1.82, 2.24) is 19.7 Å². The lowest BCUT2D eigenvalue weighted by Crippen LogP contribution is -2.18. The number of nitrogens with zero attached hydrogens (tertiary/aromatic N) is 3. The SMILES string of the molecule is CC(C)n1c(=O)[nH]c2cc(-c3noc(COc4ccc(F)cc4)n3)ccc21. The van der Waals surface area contributed by atoms with Crippen molar-refractivity contribution < 1.29 is 13.7 Å². The number of fused-ring (bicyclic) bond motifs is 1. The van der Waals surface area contributed by atoms with Gasteiger partial charge in [0.25, 0.3) is 5.89 Å². The van der Waals surface area contributed by atoms with Crippen molar-refractivity contribution in [3.63, 3.8) is 0 Å². The fourth-order valence-corrected chi connectivity index (χ4v) is 2.89. The minimum absolute atomic E-state index is 0.0532. The first-order valence-electron chi connectivity index (χ1n) is 8.47.